The van der Waals surface area contributed by atoms with Gasteiger partial charge in [0.1, 0.15) is 17.6 Å². The predicted molar refractivity (Wildman–Crippen MR) is 120 cm³/mol. The number of H-pyrrole nitrogens is 1. The zero-order valence-electron chi connectivity index (χ0n) is 17.6. The summed E-state index contributed by atoms with van der Waals surface area (Å²) in [6, 6.07) is 14.5. The number of nitrogens with zero attached hydrogens (tertiary/aromatic N) is 3. The summed E-state index contributed by atoms with van der Waals surface area (Å²) in [5.74, 6) is 1.36. The Morgan fingerprint density at radius 1 is 1.17 bits per heavy atom. The van der Waals surface area contributed by atoms with Gasteiger partial charge in [-0.1, -0.05) is 13.0 Å². The fourth-order valence-corrected chi connectivity index (χ4v) is 3.32. The third kappa shape index (κ3) is 4.60. The minimum atomic E-state index is 0.482. The lowest BCUT2D eigenvalue weighted by Gasteiger charge is -2.22. The molecule has 0 saturated carbocycles. The number of benzene rings is 2. The van der Waals surface area contributed by atoms with Gasteiger partial charge >= 0.3 is 0 Å². The Morgan fingerprint density at radius 3 is 2.66 bits per heavy atom. The largest absolute Gasteiger partial charge is 0.493 e. The molecule has 0 atom stereocenters. The summed E-state index contributed by atoms with van der Waals surface area (Å²) in [7, 11) is 0. The molecule has 1 N–H and O–H groups in total. The van der Waals surface area contributed by atoms with Crippen LogP contribution in [-0.2, 0) is 0 Å². The third-order valence-electron chi connectivity index (χ3n) is 4.90. The van der Waals surface area contributed by atoms with Crippen LogP contribution in [0.1, 0.15) is 44.1 Å². The minimum absolute atomic E-state index is 0.482. The van der Waals surface area contributed by atoms with E-state index in [1.165, 1.54) is 0 Å². The summed E-state index contributed by atoms with van der Waals surface area (Å²) in [5.41, 5.74) is 5.42. The first-order chi connectivity index (χ1) is 14.1. The van der Waals surface area contributed by atoms with E-state index in [4.69, 9.17) is 4.74 Å². The Balaban J connectivity index is 2.03. The van der Waals surface area contributed by atoms with E-state index in [2.05, 4.69) is 53.8 Å². The summed E-state index contributed by atoms with van der Waals surface area (Å²) in [5, 5.41) is 9.78. The first-order valence-corrected chi connectivity index (χ1v) is 10.2. The van der Waals surface area contributed by atoms with Gasteiger partial charge in [-0.15, -0.1) is 0 Å². The van der Waals surface area contributed by atoms with Crippen molar-refractivity contribution in [3.8, 4) is 11.8 Å². The molecule has 1 aromatic heterocycles. The number of nitrogens with one attached hydrogen (secondary N) is 1. The number of nitriles is 1. The molecule has 5 nitrogen and oxygen atoms in total. The molecule has 0 saturated heterocycles. The van der Waals surface area contributed by atoms with Gasteiger partial charge in [0.2, 0.25) is 0 Å². The molecule has 2 aromatic carbocycles. The summed E-state index contributed by atoms with van der Waals surface area (Å²) in [6.45, 7) is 10.9. The highest BCUT2D eigenvalue weighted by molar-refractivity contribution is 5.91. The van der Waals surface area contributed by atoms with E-state index in [1.54, 1.807) is 0 Å². The SMILES string of the molecule is CCCOc1cc(N(CC)CC)ccc1/C=C(/C#N)c1nc2ccc(C)cc2[nH]1. The monoisotopic (exact) mass is 388 g/mol. The van der Waals surface area contributed by atoms with Crippen molar-refractivity contribution in [3.63, 3.8) is 0 Å². The standard InChI is InChI=1S/C24H28N4O/c1-5-12-29-23-15-20(28(6-2)7-3)10-9-18(23)14-19(16-25)24-26-21-11-8-17(4)13-22(21)27-24/h8-11,13-15H,5-7,12H2,1-4H3,(H,26,27)/b19-14-. The van der Waals surface area contributed by atoms with E-state index < -0.39 is 0 Å². The average molecular weight is 389 g/mol. The second-order valence-electron chi connectivity index (χ2n) is 7.02. The van der Waals surface area contributed by atoms with Crippen LogP contribution in [0.5, 0.6) is 5.75 Å². The maximum absolute atomic E-state index is 9.78. The molecule has 0 amide bonds. The number of aromatic nitrogens is 2. The maximum atomic E-state index is 9.78. The molecule has 0 unspecified atom stereocenters. The summed E-state index contributed by atoms with van der Waals surface area (Å²) >= 11 is 0. The fourth-order valence-electron chi connectivity index (χ4n) is 3.32. The molecule has 150 valence electrons. The molecule has 0 aliphatic rings. The number of hydrogen-bond acceptors (Lipinski definition) is 4. The lowest BCUT2D eigenvalue weighted by molar-refractivity contribution is 0.317. The van der Waals surface area contributed by atoms with Crippen molar-refractivity contribution in [1.82, 2.24) is 9.97 Å². The van der Waals surface area contributed by atoms with E-state index in [0.29, 0.717) is 18.0 Å². The van der Waals surface area contributed by atoms with Gasteiger partial charge in [-0.25, -0.2) is 4.98 Å². The third-order valence-corrected chi connectivity index (χ3v) is 4.90. The molecule has 0 aliphatic heterocycles. The number of rotatable bonds is 8. The minimum Gasteiger partial charge on any atom is -0.493 e. The summed E-state index contributed by atoms with van der Waals surface area (Å²) in [4.78, 5) is 10.1. The number of allylic oxidation sites excluding steroid dienone is 1. The maximum Gasteiger partial charge on any atom is 0.149 e. The van der Waals surface area contributed by atoms with Crippen molar-refractivity contribution < 1.29 is 4.74 Å². The van der Waals surface area contributed by atoms with E-state index in [0.717, 1.165) is 53.1 Å². The van der Waals surface area contributed by atoms with Gasteiger partial charge in [-0.2, -0.15) is 5.26 Å². The number of ether oxygens (including phenoxy) is 1. The number of fused-ring (bicyclic) bond motifs is 1. The number of hydrogen-bond donors (Lipinski definition) is 1. The second-order valence-corrected chi connectivity index (χ2v) is 7.02. The molecule has 0 radical (unpaired) electrons. The van der Waals surface area contributed by atoms with E-state index in [1.807, 2.05) is 37.3 Å². The summed E-state index contributed by atoms with van der Waals surface area (Å²) < 4.78 is 6.01. The summed E-state index contributed by atoms with van der Waals surface area (Å²) in [6.07, 6.45) is 2.77. The van der Waals surface area contributed by atoms with Crippen molar-refractivity contribution in [3.05, 3.63) is 53.3 Å². The molecule has 5 heteroatoms. The molecule has 3 rings (SSSR count). The van der Waals surface area contributed by atoms with Gasteiger partial charge in [0.25, 0.3) is 0 Å². The quantitative estimate of drug-likeness (QED) is 0.512. The van der Waals surface area contributed by atoms with Gasteiger partial charge in [0.05, 0.1) is 23.2 Å². The van der Waals surface area contributed by atoms with E-state index >= 15 is 0 Å². The highest BCUT2D eigenvalue weighted by Gasteiger charge is 2.12. The van der Waals surface area contributed by atoms with Crippen molar-refractivity contribution in [2.45, 2.75) is 34.1 Å². The number of imidazole rings is 1. The first kappa shape index (κ1) is 20.5. The van der Waals surface area contributed by atoms with Gasteiger partial charge in [-0.3, -0.25) is 0 Å². The predicted octanol–water partition coefficient (Wildman–Crippen LogP) is 5.57. The van der Waals surface area contributed by atoms with Crippen LogP contribution in [0.4, 0.5) is 5.69 Å². The lowest BCUT2D eigenvalue weighted by atomic mass is 10.1. The Bertz CT molecular complexity index is 1050. The lowest BCUT2D eigenvalue weighted by Crippen LogP contribution is -2.21. The Hall–Kier alpha value is -3.26. The first-order valence-electron chi connectivity index (χ1n) is 10.2. The zero-order chi connectivity index (χ0) is 20.8. The van der Waals surface area contributed by atoms with Crippen LogP contribution in [-0.4, -0.2) is 29.7 Å². The van der Waals surface area contributed by atoms with Crippen LogP contribution in [0.3, 0.4) is 0 Å². The van der Waals surface area contributed by atoms with Crippen molar-refractivity contribution in [1.29, 1.82) is 5.26 Å². The highest BCUT2D eigenvalue weighted by atomic mass is 16.5. The number of aromatic amines is 1. The molecular weight excluding hydrogens is 360 g/mol. The number of aryl methyl sites for hydroxylation is 1. The van der Waals surface area contributed by atoms with Crippen LogP contribution in [0.15, 0.2) is 36.4 Å². The van der Waals surface area contributed by atoms with E-state index in [9.17, 15) is 5.26 Å². The van der Waals surface area contributed by atoms with Crippen LogP contribution in [0.2, 0.25) is 0 Å². The fraction of sp³-hybridized carbons (Fsp3) is 0.333. The van der Waals surface area contributed by atoms with Crippen LogP contribution in [0, 0.1) is 18.3 Å². The molecule has 0 spiro atoms. The zero-order valence-corrected chi connectivity index (χ0v) is 17.6. The van der Waals surface area contributed by atoms with E-state index in [-0.39, 0.29) is 0 Å². The van der Waals surface area contributed by atoms with Gasteiger partial charge in [-0.05, 0) is 63.1 Å². The Kier molecular flexibility index (Phi) is 6.56. The van der Waals surface area contributed by atoms with Crippen LogP contribution >= 0.6 is 0 Å². The normalized spacial score (nSPS) is 11.5. The molecule has 0 aliphatic carbocycles. The number of anilines is 1. The van der Waals surface area contributed by atoms with Crippen LogP contribution in [0.25, 0.3) is 22.7 Å². The molecule has 29 heavy (non-hydrogen) atoms. The Labute approximate surface area is 172 Å². The van der Waals surface area contributed by atoms with Gasteiger partial charge in [0.15, 0.2) is 0 Å². The van der Waals surface area contributed by atoms with Crippen LogP contribution < -0.4 is 9.64 Å². The van der Waals surface area contributed by atoms with Crippen molar-refractivity contribution >= 4 is 28.4 Å². The molecule has 3 aromatic rings. The molecule has 0 bridgehead atoms. The van der Waals surface area contributed by atoms with Gasteiger partial charge < -0.3 is 14.6 Å². The molecular formula is C24H28N4O. The van der Waals surface area contributed by atoms with Crippen molar-refractivity contribution in [2.75, 3.05) is 24.6 Å². The molecule has 0 fully saturated rings. The Morgan fingerprint density at radius 2 is 1.97 bits per heavy atom. The smallest absolute Gasteiger partial charge is 0.149 e. The average Bonchev–Trinajstić information content (AvgIpc) is 3.15. The molecule has 1 heterocycles. The topological polar surface area (TPSA) is 64.9 Å². The van der Waals surface area contributed by atoms with Gasteiger partial charge in [0, 0.05) is 30.4 Å². The van der Waals surface area contributed by atoms with Crippen molar-refractivity contribution in [2.24, 2.45) is 0 Å². The second kappa shape index (κ2) is 9.29. The highest BCUT2D eigenvalue weighted by Crippen LogP contribution is 2.30.